The number of esters is 1. The SMILES string of the molecule is COC(=O)COc1ccc(C(C)CN)cc1F. The van der Waals surface area contributed by atoms with Crippen molar-refractivity contribution in [3.63, 3.8) is 0 Å². The van der Waals surface area contributed by atoms with E-state index in [4.69, 9.17) is 10.5 Å². The smallest absolute Gasteiger partial charge is 0.343 e. The molecule has 0 fully saturated rings. The Morgan fingerprint density at radius 2 is 2.24 bits per heavy atom. The first kappa shape index (κ1) is 13.4. The highest BCUT2D eigenvalue weighted by molar-refractivity contribution is 5.70. The molecule has 1 atom stereocenters. The Kier molecular flexibility index (Phi) is 4.90. The Labute approximate surface area is 99.5 Å². The Bertz CT molecular complexity index is 395. The van der Waals surface area contributed by atoms with Crippen LogP contribution in [0.1, 0.15) is 18.4 Å². The number of methoxy groups -OCH3 is 1. The molecule has 1 rings (SSSR count). The predicted molar refractivity (Wildman–Crippen MR) is 61.4 cm³/mol. The maximum atomic E-state index is 13.6. The molecule has 0 aliphatic heterocycles. The van der Waals surface area contributed by atoms with E-state index >= 15 is 0 Å². The van der Waals surface area contributed by atoms with Crippen molar-refractivity contribution < 1.29 is 18.7 Å². The lowest BCUT2D eigenvalue weighted by Gasteiger charge is -2.11. The normalized spacial score (nSPS) is 12.0. The molecule has 4 nitrogen and oxygen atoms in total. The number of hydrogen-bond donors (Lipinski definition) is 1. The Hall–Kier alpha value is -1.62. The summed E-state index contributed by atoms with van der Waals surface area (Å²) in [5.74, 6) is -0.946. The van der Waals surface area contributed by atoms with E-state index in [2.05, 4.69) is 4.74 Å². The zero-order valence-corrected chi connectivity index (χ0v) is 9.90. The van der Waals surface area contributed by atoms with Gasteiger partial charge in [0.2, 0.25) is 0 Å². The lowest BCUT2D eigenvalue weighted by molar-refractivity contribution is -0.142. The number of carbonyl (C=O) groups excluding carboxylic acids is 1. The van der Waals surface area contributed by atoms with Crippen LogP contribution >= 0.6 is 0 Å². The summed E-state index contributed by atoms with van der Waals surface area (Å²) in [5, 5.41) is 0. The Balaban J connectivity index is 2.72. The number of nitrogens with two attached hydrogens (primary N) is 1. The van der Waals surface area contributed by atoms with Gasteiger partial charge in [0.05, 0.1) is 7.11 Å². The van der Waals surface area contributed by atoms with E-state index in [0.29, 0.717) is 6.54 Å². The number of rotatable bonds is 5. The molecular weight excluding hydrogens is 225 g/mol. The summed E-state index contributed by atoms with van der Waals surface area (Å²) in [4.78, 5) is 10.8. The lowest BCUT2D eigenvalue weighted by atomic mass is 10.0. The number of ether oxygens (including phenoxy) is 2. The van der Waals surface area contributed by atoms with Crippen LogP contribution in [0.15, 0.2) is 18.2 Å². The molecule has 17 heavy (non-hydrogen) atoms. The molecule has 2 N–H and O–H groups in total. The van der Waals surface area contributed by atoms with Crippen LogP contribution in [0.25, 0.3) is 0 Å². The van der Waals surface area contributed by atoms with Gasteiger partial charge in [-0.05, 0) is 30.2 Å². The lowest BCUT2D eigenvalue weighted by Crippen LogP contribution is -2.13. The number of hydrogen-bond acceptors (Lipinski definition) is 4. The zero-order chi connectivity index (χ0) is 12.8. The van der Waals surface area contributed by atoms with Gasteiger partial charge in [-0.25, -0.2) is 9.18 Å². The van der Waals surface area contributed by atoms with Gasteiger partial charge < -0.3 is 15.2 Å². The van der Waals surface area contributed by atoms with E-state index in [1.165, 1.54) is 19.2 Å². The fourth-order valence-corrected chi connectivity index (χ4v) is 1.27. The van der Waals surface area contributed by atoms with Gasteiger partial charge in [-0.15, -0.1) is 0 Å². The van der Waals surface area contributed by atoms with E-state index in [1.54, 1.807) is 6.07 Å². The minimum absolute atomic E-state index is 0.0309. The molecule has 1 unspecified atom stereocenters. The summed E-state index contributed by atoms with van der Waals surface area (Å²) in [6.07, 6.45) is 0. The second-order valence-electron chi connectivity index (χ2n) is 3.69. The van der Waals surface area contributed by atoms with E-state index in [1.807, 2.05) is 6.92 Å². The molecule has 94 valence electrons. The molecule has 0 amide bonds. The van der Waals surface area contributed by atoms with Crippen LogP contribution in [0.4, 0.5) is 4.39 Å². The summed E-state index contributed by atoms with van der Waals surface area (Å²) in [6.45, 7) is 2.05. The van der Waals surface area contributed by atoms with E-state index in [9.17, 15) is 9.18 Å². The topological polar surface area (TPSA) is 61.5 Å². The van der Waals surface area contributed by atoms with Gasteiger partial charge in [0, 0.05) is 0 Å². The number of halogens is 1. The van der Waals surface area contributed by atoms with Gasteiger partial charge in [-0.3, -0.25) is 0 Å². The number of benzene rings is 1. The predicted octanol–water partition coefficient (Wildman–Crippen LogP) is 1.44. The minimum Gasteiger partial charge on any atom is -0.479 e. The first-order chi connectivity index (χ1) is 8.08. The highest BCUT2D eigenvalue weighted by Gasteiger charge is 2.10. The van der Waals surface area contributed by atoms with Crippen LogP contribution in [0, 0.1) is 5.82 Å². The number of carbonyl (C=O) groups is 1. The van der Waals surface area contributed by atoms with E-state index in [0.717, 1.165) is 5.56 Å². The molecule has 0 aliphatic carbocycles. The van der Waals surface area contributed by atoms with Crippen molar-refractivity contribution in [2.45, 2.75) is 12.8 Å². The van der Waals surface area contributed by atoms with Gasteiger partial charge in [0.25, 0.3) is 0 Å². The molecule has 0 aromatic heterocycles. The second kappa shape index (κ2) is 6.20. The van der Waals surface area contributed by atoms with Crippen molar-refractivity contribution in [1.29, 1.82) is 0 Å². The molecule has 1 aromatic rings. The maximum absolute atomic E-state index is 13.6. The average Bonchev–Trinajstić information content (AvgIpc) is 2.35. The average molecular weight is 241 g/mol. The van der Waals surface area contributed by atoms with Crippen LogP contribution in [0.2, 0.25) is 0 Å². The van der Waals surface area contributed by atoms with E-state index < -0.39 is 11.8 Å². The van der Waals surface area contributed by atoms with Gasteiger partial charge in [-0.2, -0.15) is 0 Å². The van der Waals surface area contributed by atoms with Gasteiger partial charge in [-0.1, -0.05) is 13.0 Å². The quantitative estimate of drug-likeness (QED) is 0.792. The van der Waals surface area contributed by atoms with Crippen LogP contribution in [0.3, 0.4) is 0 Å². The van der Waals surface area contributed by atoms with Gasteiger partial charge in [0.1, 0.15) is 0 Å². The third kappa shape index (κ3) is 3.71. The first-order valence-corrected chi connectivity index (χ1v) is 5.27. The molecule has 5 heteroatoms. The summed E-state index contributed by atoms with van der Waals surface area (Å²) < 4.78 is 22.9. The highest BCUT2D eigenvalue weighted by atomic mass is 19.1. The third-order valence-corrected chi connectivity index (χ3v) is 2.45. The largest absolute Gasteiger partial charge is 0.479 e. The summed E-state index contributed by atoms with van der Waals surface area (Å²) in [7, 11) is 1.24. The highest BCUT2D eigenvalue weighted by Crippen LogP contribution is 2.22. The van der Waals surface area contributed by atoms with Gasteiger partial charge >= 0.3 is 5.97 Å². The molecule has 0 saturated heterocycles. The maximum Gasteiger partial charge on any atom is 0.343 e. The molecule has 0 radical (unpaired) electrons. The molecule has 0 bridgehead atoms. The molecule has 0 heterocycles. The fourth-order valence-electron chi connectivity index (χ4n) is 1.27. The van der Waals surface area contributed by atoms with Crippen LogP contribution in [0.5, 0.6) is 5.75 Å². The monoisotopic (exact) mass is 241 g/mol. The molecule has 1 aromatic carbocycles. The summed E-state index contributed by atoms with van der Waals surface area (Å²) in [6, 6.07) is 4.58. The zero-order valence-electron chi connectivity index (χ0n) is 9.90. The Morgan fingerprint density at radius 3 is 2.76 bits per heavy atom. The van der Waals surface area contributed by atoms with Crippen molar-refractivity contribution in [1.82, 2.24) is 0 Å². The first-order valence-electron chi connectivity index (χ1n) is 5.27. The van der Waals surface area contributed by atoms with Crippen LogP contribution in [-0.2, 0) is 9.53 Å². The van der Waals surface area contributed by atoms with Crippen molar-refractivity contribution in [2.75, 3.05) is 20.3 Å². The Morgan fingerprint density at radius 1 is 1.53 bits per heavy atom. The standard InChI is InChI=1S/C12H16FNO3/c1-8(6-14)9-3-4-11(10(13)5-9)17-7-12(15)16-2/h3-5,8H,6-7,14H2,1-2H3. The van der Waals surface area contributed by atoms with Crippen molar-refractivity contribution in [3.8, 4) is 5.75 Å². The van der Waals surface area contributed by atoms with E-state index in [-0.39, 0.29) is 18.3 Å². The summed E-state index contributed by atoms with van der Waals surface area (Å²) in [5.41, 5.74) is 6.30. The molecule has 0 spiro atoms. The third-order valence-electron chi connectivity index (χ3n) is 2.45. The molecule has 0 aliphatic rings. The fraction of sp³-hybridized carbons (Fsp3) is 0.417. The molecular formula is C12H16FNO3. The summed E-state index contributed by atoms with van der Waals surface area (Å²) >= 11 is 0. The van der Waals surface area contributed by atoms with Gasteiger partial charge in [0.15, 0.2) is 18.2 Å². The van der Waals surface area contributed by atoms with Crippen molar-refractivity contribution >= 4 is 5.97 Å². The minimum atomic E-state index is -0.552. The van der Waals surface area contributed by atoms with Crippen LogP contribution in [-0.4, -0.2) is 26.2 Å². The van der Waals surface area contributed by atoms with Crippen molar-refractivity contribution in [2.24, 2.45) is 5.73 Å². The van der Waals surface area contributed by atoms with Crippen molar-refractivity contribution in [3.05, 3.63) is 29.6 Å². The van der Waals surface area contributed by atoms with Crippen LogP contribution < -0.4 is 10.5 Å². The molecule has 0 saturated carbocycles. The second-order valence-corrected chi connectivity index (χ2v) is 3.69.